The molecule has 2 rings (SSSR count). The van der Waals surface area contributed by atoms with Gasteiger partial charge in [-0.15, -0.1) is 0 Å². The van der Waals surface area contributed by atoms with Gasteiger partial charge in [-0.1, -0.05) is 0 Å². The van der Waals surface area contributed by atoms with Crippen molar-refractivity contribution in [1.29, 1.82) is 0 Å². The first kappa shape index (κ1) is 19.1. The Bertz CT molecular complexity index is 658. The van der Waals surface area contributed by atoms with Crippen LogP contribution in [0.5, 0.6) is 0 Å². The Labute approximate surface area is 149 Å². The van der Waals surface area contributed by atoms with Crippen molar-refractivity contribution in [3.8, 4) is 0 Å². The maximum atomic E-state index is 12.6. The molecule has 0 spiro atoms. The summed E-state index contributed by atoms with van der Waals surface area (Å²) in [6.45, 7) is 11.1. The van der Waals surface area contributed by atoms with Crippen LogP contribution >= 0.6 is 0 Å². The molecule has 1 aromatic rings. The Morgan fingerprint density at radius 1 is 1.28 bits per heavy atom. The molecule has 7 nitrogen and oxygen atoms in total. The number of carbonyl (C=O) groups is 2. The quantitative estimate of drug-likeness (QED) is 0.887. The Hall–Kier alpha value is -2.18. The first-order valence-corrected chi connectivity index (χ1v) is 8.63. The third kappa shape index (κ3) is 4.46. The number of hydrogen-bond acceptors (Lipinski definition) is 5. The van der Waals surface area contributed by atoms with Gasteiger partial charge in [0.15, 0.2) is 0 Å². The van der Waals surface area contributed by atoms with E-state index in [0.29, 0.717) is 19.5 Å². The highest BCUT2D eigenvalue weighted by atomic mass is 16.2. The lowest BCUT2D eigenvalue weighted by Crippen LogP contribution is -2.43. The lowest BCUT2D eigenvalue weighted by molar-refractivity contribution is -0.132. The Kier molecular flexibility index (Phi) is 5.34. The molecule has 1 aromatic heterocycles. The van der Waals surface area contributed by atoms with Gasteiger partial charge in [-0.05, 0) is 34.6 Å². The van der Waals surface area contributed by atoms with Gasteiger partial charge in [0.25, 0.3) is 0 Å². The molecule has 138 valence electrons. The maximum Gasteiger partial charge on any atom is 0.226 e. The number of carbonyl (C=O) groups excluding carboxylic acids is 2. The van der Waals surface area contributed by atoms with Crippen molar-refractivity contribution in [1.82, 2.24) is 19.8 Å². The van der Waals surface area contributed by atoms with Crippen LogP contribution < -0.4 is 5.73 Å². The van der Waals surface area contributed by atoms with Crippen LogP contribution in [0.15, 0.2) is 0 Å². The van der Waals surface area contributed by atoms with Crippen LogP contribution in [-0.2, 0) is 16.0 Å². The van der Waals surface area contributed by atoms with Gasteiger partial charge < -0.3 is 15.5 Å². The minimum Gasteiger partial charge on any atom is -0.368 e. The fourth-order valence-corrected chi connectivity index (χ4v) is 3.35. The SMILES string of the molecule is Cc1nc(N)nc(C)c1CC(=O)N(C)C[C@H]1CC(=O)N(C(C)(C)C)C1. The normalized spacial score (nSPS) is 17.9. The van der Waals surface area contributed by atoms with Crippen LogP contribution in [-0.4, -0.2) is 57.3 Å². The third-order valence-electron chi connectivity index (χ3n) is 4.74. The molecule has 7 heteroatoms. The van der Waals surface area contributed by atoms with Gasteiger partial charge in [0, 0.05) is 55.0 Å². The van der Waals surface area contributed by atoms with Crippen LogP contribution in [0, 0.1) is 19.8 Å². The van der Waals surface area contributed by atoms with Crippen LogP contribution in [0.25, 0.3) is 0 Å². The minimum absolute atomic E-state index is 0.00114. The predicted molar refractivity (Wildman–Crippen MR) is 96.8 cm³/mol. The summed E-state index contributed by atoms with van der Waals surface area (Å²) in [6.07, 6.45) is 0.746. The summed E-state index contributed by atoms with van der Waals surface area (Å²) < 4.78 is 0. The summed E-state index contributed by atoms with van der Waals surface area (Å²) in [6, 6.07) is 0. The number of rotatable bonds is 4. The number of nitrogen functional groups attached to an aromatic ring is 1. The van der Waals surface area contributed by atoms with Crippen molar-refractivity contribution in [3.05, 3.63) is 17.0 Å². The lowest BCUT2D eigenvalue weighted by Gasteiger charge is -2.32. The minimum atomic E-state index is -0.177. The van der Waals surface area contributed by atoms with Gasteiger partial charge in [0.05, 0.1) is 6.42 Å². The van der Waals surface area contributed by atoms with Gasteiger partial charge in [0.2, 0.25) is 17.8 Å². The molecule has 25 heavy (non-hydrogen) atoms. The molecule has 2 amide bonds. The summed E-state index contributed by atoms with van der Waals surface area (Å²) in [7, 11) is 1.79. The molecule has 1 atom stereocenters. The van der Waals surface area contributed by atoms with E-state index in [9.17, 15) is 9.59 Å². The fraction of sp³-hybridized carbons (Fsp3) is 0.667. The van der Waals surface area contributed by atoms with Crippen molar-refractivity contribution < 1.29 is 9.59 Å². The average molecular weight is 347 g/mol. The summed E-state index contributed by atoms with van der Waals surface area (Å²) >= 11 is 0. The zero-order valence-electron chi connectivity index (χ0n) is 16.1. The summed E-state index contributed by atoms with van der Waals surface area (Å²) in [5.74, 6) is 0.565. The molecule has 2 N–H and O–H groups in total. The van der Waals surface area contributed by atoms with Crippen molar-refractivity contribution in [2.24, 2.45) is 5.92 Å². The number of nitrogens with zero attached hydrogens (tertiary/aromatic N) is 4. The van der Waals surface area contributed by atoms with Gasteiger partial charge in [0.1, 0.15) is 0 Å². The van der Waals surface area contributed by atoms with Crippen LogP contribution in [0.1, 0.15) is 44.1 Å². The van der Waals surface area contributed by atoms with Crippen molar-refractivity contribution in [2.45, 2.75) is 53.0 Å². The van der Waals surface area contributed by atoms with Crippen LogP contribution in [0.3, 0.4) is 0 Å². The number of amides is 2. The summed E-state index contributed by atoms with van der Waals surface area (Å²) in [5.41, 5.74) is 7.76. The molecule has 0 aromatic carbocycles. The highest BCUT2D eigenvalue weighted by molar-refractivity contribution is 5.81. The summed E-state index contributed by atoms with van der Waals surface area (Å²) in [5, 5.41) is 0. The molecule has 1 saturated heterocycles. The monoisotopic (exact) mass is 347 g/mol. The Morgan fingerprint density at radius 3 is 2.32 bits per heavy atom. The number of aromatic nitrogens is 2. The number of nitrogens with two attached hydrogens (primary N) is 1. The topological polar surface area (TPSA) is 92.4 Å². The number of hydrogen-bond donors (Lipinski definition) is 1. The predicted octanol–water partition coefficient (Wildman–Crippen LogP) is 1.32. The van der Waals surface area contributed by atoms with E-state index in [4.69, 9.17) is 5.73 Å². The van der Waals surface area contributed by atoms with E-state index < -0.39 is 0 Å². The molecule has 0 unspecified atom stereocenters. The van der Waals surface area contributed by atoms with Crippen LogP contribution in [0.2, 0.25) is 0 Å². The molecule has 0 aliphatic carbocycles. The zero-order chi connectivity index (χ0) is 18.9. The van der Waals surface area contributed by atoms with E-state index >= 15 is 0 Å². The fourth-order valence-electron chi connectivity index (χ4n) is 3.35. The molecule has 2 heterocycles. The van der Waals surface area contributed by atoms with E-state index in [-0.39, 0.29) is 35.6 Å². The molecule has 1 fully saturated rings. The molecule has 1 aliphatic heterocycles. The molecular formula is C18H29N5O2. The van der Waals surface area contributed by atoms with Crippen molar-refractivity contribution >= 4 is 17.8 Å². The van der Waals surface area contributed by atoms with Crippen molar-refractivity contribution in [2.75, 3.05) is 25.9 Å². The Morgan fingerprint density at radius 2 is 1.84 bits per heavy atom. The van der Waals surface area contributed by atoms with E-state index in [2.05, 4.69) is 9.97 Å². The average Bonchev–Trinajstić information content (AvgIpc) is 2.83. The second-order valence-electron chi connectivity index (χ2n) is 7.93. The van der Waals surface area contributed by atoms with Gasteiger partial charge in [-0.25, -0.2) is 9.97 Å². The molecule has 0 radical (unpaired) electrons. The van der Waals surface area contributed by atoms with E-state index in [1.807, 2.05) is 39.5 Å². The third-order valence-corrected chi connectivity index (χ3v) is 4.74. The molecule has 1 aliphatic rings. The molecule has 0 bridgehead atoms. The number of likely N-dealkylation sites (N-methyl/N-ethyl adjacent to an activating group) is 1. The Balaban J connectivity index is 1.99. The molecular weight excluding hydrogens is 318 g/mol. The van der Waals surface area contributed by atoms with E-state index in [0.717, 1.165) is 17.0 Å². The van der Waals surface area contributed by atoms with Crippen LogP contribution in [0.4, 0.5) is 5.95 Å². The number of anilines is 1. The summed E-state index contributed by atoms with van der Waals surface area (Å²) in [4.78, 5) is 36.7. The highest BCUT2D eigenvalue weighted by Crippen LogP contribution is 2.26. The standard InChI is InChI=1S/C18H29N5O2/c1-11-14(12(2)21-17(19)20-11)8-15(24)22(6)9-13-7-16(25)23(10-13)18(3,4)5/h13H,7-10H2,1-6H3,(H2,19,20,21)/t13-/m1/s1. The van der Waals surface area contributed by atoms with Gasteiger partial charge in [-0.2, -0.15) is 0 Å². The van der Waals surface area contributed by atoms with Crippen molar-refractivity contribution in [3.63, 3.8) is 0 Å². The smallest absolute Gasteiger partial charge is 0.226 e. The second kappa shape index (κ2) is 6.98. The van der Waals surface area contributed by atoms with Gasteiger partial charge in [-0.3, -0.25) is 9.59 Å². The number of aryl methyl sites for hydroxylation is 2. The lowest BCUT2D eigenvalue weighted by atomic mass is 10.1. The highest BCUT2D eigenvalue weighted by Gasteiger charge is 2.36. The second-order valence-corrected chi connectivity index (χ2v) is 7.93. The van der Waals surface area contributed by atoms with E-state index in [1.54, 1.807) is 11.9 Å². The van der Waals surface area contributed by atoms with E-state index in [1.165, 1.54) is 0 Å². The first-order valence-electron chi connectivity index (χ1n) is 8.63. The van der Waals surface area contributed by atoms with Gasteiger partial charge >= 0.3 is 0 Å². The maximum absolute atomic E-state index is 12.6. The number of likely N-dealkylation sites (tertiary alicyclic amines) is 1. The molecule has 0 saturated carbocycles. The zero-order valence-corrected chi connectivity index (χ0v) is 16.1. The first-order chi connectivity index (χ1) is 11.5. The largest absolute Gasteiger partial charge is 0.368 e.